The summed E-state index contributed by atoms with van der Waals surface area (Å²) in [6, 6.07) is 6.15. The van der Waals surface area contributed by atoms with Gasteiger partial charge >= 0.3 is 0 Å². The Morgan fingerprint density at radius 2 is 1.96 bits per heavy atom. The molecule has 1 aliphatic rings. The highest BCUT2D eigenvalue weighted by molar-refractivity contribution is 14.0. The Morgan fingerprint density at radius 1 is 1.22 bits per heavy atom. The molecule has 0 radical (unpaired) electrons. The van der Waals surface area contributed by atoms with Gasteiger partial charge in [0, 0.05) is 25.8 Å². The number of nitrogens with one attached hydrogen (secondary N) is 2. The summed E-state index contributed by atoms with van der Waals surface area (Å²) in [6.07, 6.45) is 3.90. The summed E-state index contributed by atoms with van der Waals surface area (Å²) in [5.41, 5.74) is 1.58. The summed E-state index contributed by atoms with van der Waals surface area (Å²) < 4.78 is 10.9. The predicted molar refractivity (Wildman–Crippen MR) is 120 cm³/mol. The molecule has 1 aliphatic carbocycles. The molecular formula is C20H34IN3O3. The van der Waals surface area contributed by atoms with Crippen molar-refractivity contribution >= 4 is 29.9 Å². The zero-order valence-corrected chi connectivity index (χ0v) is 19.0. The van der Waals surface area contributed by atoms with Gasteiger partial charge in [-0.05, 0) is 38.3 Å². The molecule has 0 unspecified atom stereocenters. The van der Waals surface area contributed by atoms with Gasteiger partial charge < -0.3 is 25.2 Å². The normalized spacial score (nSPS) is 15.9. The van der Waals surface area contributed by atoms with Gasteiger partial charge in [-0.3, -0.25) is 0 Å². The molecule has 1 fully saturated rings. The molecule has 0 amide bonds. The molecule has 0 aliphatic heterocycles. The van der Waals surface area contributed by atoms with E-state index in [1.165, 1.54) is 0 Å². The van der Waals surface area contributed by atoms with Crippen molar-refractivity contribution in [2.45, 2.75) is 51.7 Å². The Bertz CT molecular complexity index is 590. The van der Waals surface area contributed by atoms with Crippen LogP contribution in [0, 0.1) is 6.92 Å². The fraction of sp³-hybridized carbons (Fsp3) is 0.650. The Morgan fingerprint density at radius 3 is 2.63 bits per heavy atom. The van der Waals surface area contributed by atoms with Crippen LogP contribution in [0.25, 0.3) is 0 Å². The molecule has 0 atom stereocenters. The van der Waals surface area contributed by atoms with E-state index in [1.807, 2.05) is 19.9 Å². The average molecular weight is 491 g/mol. The van der Waals surface area contributed by atoms with Crippen LogP contribution >= 0.6 is 24.0 Å². The van der Waals surface area contributed by atoms with Crippen molar-refractivity contribution in [3.63, 3.8) is 0 Å². The van der Waals surface area contributed by atoms with Crippen LogP contribution in [0.2, 0.25) is 0 Å². The van der Waals surface area contributed by atoms with Crippen LogP contribution in [0.3, 0.4) is 0 Å². The fourth-order valence-corrected chi connectivity index (χ4v) is 3.13. The Labute approximate surface area is 180 Å². The Hall–Kier alpha value is -1.06. The number of hydrogen-bond donors (Lipinski definition) is 3. The van der Waals surface area contributed by atoms with Gasteiger partial charge in [-0.1, -0.05) is 25.0 Å². The summed E-state index contributed by atoms with van der Waals surface area (Å²) in [5, 5.41) is 17.0. The first kappa shape index (κ1) is 24.0. The number of nitrogens with zero attached hydrogens (tertiary/aromatic N) is 1. The van der Waals surface area contributed by atoms with Crippen LogP contribution in [0.4, 0.5) is 0 Å². The van der Waals surface area contributed by atoms with E-state index in [0.29, 0.717) is 26.3 Å². The molecule has 0 aromatic heterocycles. The van der Waals surface area contributed by atoms with Crippen molar-refractivity contribution in [1.82, 2.24) is 10.6 Å². The van der Waals surface area contributed by atoms with E-state index in [2.05, 4.69) is 27.8 Å². The summed E-state index contributed by atoms with van der Waals surface area (Å²) in [6.45, 7) is 6.97. The highest BCUT2D eigenvalue weighted by atomic mass is 127. The first-order valence-electron chi connectivity index (χ1n) is 9.52. The van der Waals surface area contributed by atoms with Gasteiger partial charge in [0.2, 0.25) is 0 Å². The number of aliphatic imine (C=N–C) groups is 1. The quantitative estimate of drug-likeness (QED) is 0.214. The summed E-state index contributed by atoms with van der Waals surface area (Å²) in [5.74, 6) is 1.56. The number of hydrogen-bond acceptors (Lipinski definition) is 4. The number of aliphatic hydroxyl groups is 1. The van der Waals surface area contributed by atoms with Crippen molar-refractivity contribution in [3.8, 4) is 5.75 Å². The maximum Gasteiger partial charge on any atom is 0.191 e. The van der Waals surface area contributed by atoms with Crippen LogP contribution in [0.15, 0.2) is 23.2 Å². The van der Waals surface area contributed by atoms with E-state index < -0.39 is 5.60 Å². The predicted octanol–water partition coefficient (Wildman–Crippen LogP) is 3.00. The molecule has 0 spiro atoms. The first-order chi connectivity index (χ1) is 12.6. The molecule has 27 heavy (non-hydrogen) atoms. The fourth-order valence-electron chi connectivity index (χ4n) is 3.13. The lowest BCUT2D eigenvalue weighted by atomic mass is 10.0. The molecule has 0 bridgehead atoms. The van der Waals surface area contributed by atoms with Crippen molar-refractivity contribution < 1.29 is 14.6 Å². The van der Waals surface area contributed by atoms with Crippen molar-refractivity contribution in [3.05, 3.63) is 29.3 Å². The van der Waals surface area contributed by atoms with E-state index in [1.54, 1.807) is 7.11 Å². The number of halogens is 1. The first-order valence-corrected chi connectivity index (χ1v) is 9.52. The second kappa shape index (κ2) is 12.4. The standard InChI is InChI=1S/C20H33N3O3.HI/c1-4-21-19(23-15-20(24)9-5-6-10-20)22-14-17-8-7-16(2)13-18(17)26-12-11-25-3;/h7-8,13,24H,4-6,9-12,14-15H2,1-3H3,(H2,21,22,23);1H. The summed E-state index contributed by atoms with van der Waals surface area (Å²) in [4.78, 5) is 4.67. The molecule has 0 heterocycles. The molecule has 7 heteroatoms. The lowest BCUT2D eigenvalue weighted by Crippen LogP contribution is -2.46. The molecule has 0 saturated heterocycles. The maximum absolute atomic E-state index is 10.5. The van der Waals surface area contributed by atoms with Crippen molar-refractivity contribution in [2.75, 3.05) is 33.4 Å². The van der Waals surface area contributed by atoms with Crippen LogP contribution in [0.5, 0.6) is 5.75 Å². The molecule has 2 rings (SSSR count). The summed E-state index contributed by atoms with van der Waals surface area (Å²) >= 11 is 0. The molecule has 1 saturated carbocycles. The minimum Gasteiger partial charge on any atom is -0.491 e. The SMILES string of the molecule is CCNC(=NCc1ccc(C)cc1OCCOC)NCC1(O)CCCC1.I. The number of methoxy groups -OCH3 is 1. The maximum atomic E-state index is 10.5. The third kappa shape index (κ3) is 8.23. The third-order valence-electron chi connectivity index (χ3n) is 4.64. The highest BCUT2D eigenvalue weighted by Crippen LogP contribution is 2.28. The summed E-state index contributed by atoms with van der Waals surface area (Å²) in [7, 11) is 1.66. The highest BCUT2D eigenvalue weighted by Gasteiger charge is 2.30. The van der Waals surface area contributed by atoms with Crippen LogP contribution in [-0.4, -0.2) is 50.1 Å². The zero-order chi connectivity index (χ0) is 18.8. The van der Waals surface area contributed by atoms with Gasteiger partial charge in [-0.15, -0.1) is 24.0 Å². The molecule has 1 aromatic rings. The lowest BCUT2D eigenvalue weighted by molar-refractivity contribution is 0.0522. The van der Waals surface area contributed by atoms with E-state index in [4.69, 9.17) is 9.47 Å². The lowest BCUT2D eigenvalue weighted by Gasteiger charge is -2.23. The minimum atomic E-state index is -0.603. The molecule has 6 nitrogen and oxygen atoms in total. The second-order valence-corrected chi connectivity index (χ2v) is 6.93. The van der Waals surface area contributed by atoms with E-state index in [-0.39, 0.29) is 24.0 Å². The number of benzene rings is 1. The molecule has 1 aromatic carbocycles. The Kier molecular flexibility index (Phi) is 11.0. The number of ether oxygens (including phenoxy) is 2. The van der Waals surface area contributed by atoms with Crippen molar-refractivity contribution in [1.29, 1.82) is 0 Å². The van der Waals surface area contributed by atoms with Crippen LogP contribution < -0.4 is 15.4 Å². The van der Waals surface area contributed by atoms with Crippen LogP contribution in [0.1, 0.15) is 43.7 Å². The third-order valence-corrected chi connectivity index (χ3v) is 4.64. The minimum absolute atomic E-state index is 0. The van der Waals surface area contributed by atoms with Gasteiger partial charge in [0.05, 0.1) is 18.8 Å². The Balaban J connectivity index is 0.00000364. The smallest absolute Gasteiger partial charge is 0.191 e. The van der Waals surface area contributed by atoms with Gasteiger partial charge in [0.1, 0.15) is 12.4 Å². The zero-order valence-electron chi connectivity index (χ0n) is 16.7. The number of rotatable bonds is 9. The van der Waals surface area contributed by atoms with Crippen molar-refractivity contribution in [2.24, 2.45) is 4.99 Å². The molecule has 154 valence electrons. The molecule has 3 N–H and O–H groups in total. The average Bonchev–Trinajstić information content (AvgIpc) is 3.06. The van der Waals surface area contributed by atoms with E-state index in [9.17, 15) is 5.11 Å². The van der Waals surface area contributed by atoms with Gasteiger partial charge in [-0.2, -0.15) is 0 Å². The van der Waals surface area contributed by atoms with E-state index >= 15 is 0 Å². The van der Waals surface area contributed by atoms with E-state index in [0.717, 1.165) is 55.1 Å². The largest absolute Gasteiger partial charge is 0.491 e. The van der Waals surface area contributed by atoms with Gasteiger partial charge in [-0.25, -0.2) is 4.99 Å². The van der Waals surface area contributed by atoms with Crippen LogP contribution in [-0.2, 0) is 11.3 Å². The monoisotopic (exact) mass is 491 g/mol. The topological polar surface area (TPSA) is 75.1 Å². The second-order valence-electron chi connectivity index (χ2n) is 6.93. The number of guanidine groups is 1. The number of aryl methyl sites for hydroxylation is 1. The van der Waals surface area contributed by atoms with Gasteiger partial charge in [0.15, 0.2) is 5.96 Å². The molecular weight excluding hydrogens is 457 g/mol. The van der Waals surface area contributed by atoms with Gasteiger partial charge in [0.25, 0.3) is 0 Å².